The van der Waals surface area contributed by atoms with Crippen LogP contribution in [0.25, 0.3) is 0 Å². The lowest BCUT2D eigenvalue weighted by Crippen LogP contribution is -2.23. The molecule has 0 bridgehead atoms. The van der Waals surface area contributed by atoms with Crippen LogP contribution in [-0.2, 0) is 9.53 Å². The molecule has 5 atom stereocenters. The van der Waals surface area contributed by atoms with Crippen LogP contribution in [-0.4, -0.2) is 24.3 Å². The second-order valence-corrected chi connectivity index (χ2v) is 4.65. The van der Waals surface area contributed by atoms with Crippen LogP contribution < -0.4 is 0 Å². The predicted octanol–water partition coefficient (Wildman–Crippen LogP) is 0.899. The number of ether oxygens (including phenoxy) is 1. The fraction of sp³-hybridized carbons (Fsp3) is 0.583. The van der Waals surface area contributed by atoms with E-state index >= 15 is 0 Å². The van der Waals surface area contributed by atoms with Gasteiger partial charge in [-0.2, -0.15) is 0 Å². The predicted molar refractivity (Wildman–Crippen MR) is 53.8 cm³/mol. The molecule has 0 amide bonds. The van der Waals surface area contributed by atoms with E-state index in [9.17, 15) is 9.90 Å². The highest BCUT2D eigenvalue weighted by atomic mass is 16.5. The first-order chi connectivity index (χ1) is 7.22. The van der Waals surface area contributed by atoms with E-state index in [0.29, 0.717) is 23.3 Å². The molecule has 0 unspecified atom stereocenters. The first-order valence-corrected chi connectivity index (χ1v) is 5.39. The quantitative estimate of drug-likeness (QED) is 0.512. The van der Waals surface area contributed by atoms with E-state index in [4.69, 9.17) is 4.74 Å². The minimum absolute atomic E-state index is 0.00227. The van der Waals surface area contributed by atoms with Crippen LogP contribution in [0.2, 0.25) is 0 Å². The van der Waals surface area contributed by atoms with Crippen molar-refractivity contribution in [1.82, 2.24) is 0 Å². The first-order valence-electron chi connectivity index (χ1n) is 5.39. The molecule has 1 saturated carbocycles. The summed E-state index contributed by atoms with van der Waals surface area (Å²) >= 11 is 0. The van der Waals surface area contributed by atoms with Crippen molar-refractivity contribution in [2.24, 2.45) is 23.7 Å². The van der Waals surface area contributed by atoms with E-state index in [2.05, 4.69) is 12.2 Å². The second kappa shape index (κ2) is 2.95. The number of carbonyl (C=O) groups excluding carboxylic acids is 1. The summed E-state index contributed by atoms with van der Waals surface area (Å²) in [6, 6.07) is 0. The van der Waals surface area contributed by atoms with E-state index in [1.54, 1.807) is 0 Å². The van der Waals surface area contributed by atoms with Crippen molar-refractivity contribution in [2.75, 3.05) is 7.11 Å². The number of carbonyl (C=O) groups is 1. The van der Waals surface area contributed by atoms with Crippen molar-refractivity contribution in [1.29, 1.82) is 0 Å². The van der Waals surface area contributed by atoms with Crippen LogP contribution in [0.3, 0.4) is 0 Å². The molecular formula is C12H14O3. The van der Waals surface area contributed by atoms with E-state index in [1.165, 1.54) is 7.11 Å². The van der Waals surface area contributed by atoms with E-state index in [0.717, 1.165) is 6.42 Å². The summed E-state index contributed by atoms with van der Waals surface area (Å²) in [5.74, 6) is 0.929. The average molecular weight is 206 g/mol. The van der Waals surface area contributed by atoms with Gasteiger partial charge in [0.05, 0.1) is 13.2 Å². The molecular weight excluding hydrogens is 192 g/mol. The lowest BCUT2D eigenvalue weighted by Gasteiger charge is -2.18. The van der Waals surface area contributed by atoms with Gasteiger partial charge in [-0.25, -0.2) is 4.79 Å². The summed E-state index contributed by atoms with van der Waals surface area (Å²) in [6.07, 6.45) is 6.73. The van der Waals surface area contributed by atoms with Crippen LogP contribution in [0.4, 0.5) is 0 Å². The molecule has 3 nitrogen and oxygen atoms in total. The molecule has 1 fully saturated rings. The zero-order valence-corrected chi connectivity index (χ0v) is 8.59. The van der Waals surface area contributed by atoms with E-state index in [1.807, 2.05) is 6.08 Å². The Kier molecular flexibility index (Phi) is 1.80. The Morgan fingerprint density at radius 2 is 2.33 bits per heavy atom. The summed E-state index contributed by atoms with van der Waals surface area (Å²) in [5, 5.41) is 9.95. The number of esters is 1. The molecule has 0 aromatic rings. The normalized spacial score (nSPS) is 45.5. The minimum atomic E-state index is -0.375. The number of aliphatic hydroxyl groups is 1. The van der Waals surface area contributed by atoms with Gasteiger partial charge in [0, 0.05) is 11.5 Å². The van der Waals surface area contributed by atoms with Gasteiger partial charge in [0.15, 0.2) is 0 Å². The maximum Gasteiger partial charge on any atom is 0.333 e. The lowest BCUT2D eigenvalue weighted by molar-refractivity contribution is -0.137. The van der Waals surface area contributed by atoms with Gasteiger partial charge in [-0.3, -0.25) is 0 Å². The molecule has 1 N–H and O–H groups in total. The van der Waals surface area contributed by atoms with Gasteiger partial charge in [0.1, 0.15) is 0 Å². The number of hydrogen-bond acceptors (Lipinski definition) is 3. The topological polar surface area (TPSA) is 46.5 Å². The van der Waals surface area contributed by atoms with Crippen molar-refractivity contribution in [3.05, 3.63) is 23.8 Å². The number of allylic oxidation sites excluding steroid dienone is 3. The number of aliphatic hydroxyl groups excluding tert-OH is 1. The third-order valence-electron chi connectivity index (χ3n) is 4.01. The highest BCUT2D eigenvalue weighted by Crippen LogP contribution is 2.54. The monoisotopic (exact) mass is 206 g/mol. The van der Waals surface area contributed by atoms with E-state index < -0.39 is 0 Å². The average Bonchev–Trinajstić information content (AvgIpc) is 2.83. The van der Waals surface area contributed by atoms with Gasteiger partial charge < -0.3 is 9.84 Å². The number of rotatable bonds is 1. The molecule has 3 heteroatoms. The summed E-state index contributed by atoms with van der Waals surface area (Å²) < 4.78 is 4.76. The van der Waals surface area contributed by atoms with Gasteiger partial charge in [0.25, 0.3) is 0 Å². The Morgan fingerprint density at radius 1 is 1.53 bits per heavy atom. The van der Waals surface area contributed by atoms with Crippen LogP contribution >= 0.6 is 0 Å². The third kappa shape index (κ3) is 1.07. The molecule has 0 spiro atoms. The molecule has 0 aromatic heterocycles. The Bertz CT molecular complexity index is 369. The molecule has 0 aromatic carbocycles. The SMILES string of the molecule is COC(=O)C1=C[C@@H]2C=C[C@@H]3C[C@H](O)[C@H]1[C@@H]23. The zero-order chi connectivity index (χ0) is 10.6. The summed E-state index contributed by atoms with van der Waals surface area (Å²) in [4.78, 5) is 11.6. The van der Waals surface area contributed by atoms with Crippen molar-refractivity contribution in [2.45, 2.75) is 12.5 Å². The van der Waals surface area contributed by atoms with Crippen molar-refractivity contribution in [3.8, 4) is 0 Å². The zero-order valence-electron chi connectivity index (χ0n) is 8.59. The lowest BCUT2D eigenvalue weighted by atomic mass is 9.88. The summed E-state index contributed by atoms with van der Waals surface area (Å²) in [6.45, 7) is 0. The molecule has 3 rings (SSSR count). The Balaban J connectivity index is 1.98. The number of methoxy groups -OCH3 is 1. The highest BCUT2D eigenvalue weighted by molar-refractivity contribution is 5.90. The van der Waals surface area contributed by atoms with Gasteiger partial charge in [0.2, 0.25) is 0 Å². The summed E-state index contributed by atoms with van der Waals surface area (Å²) in [5.41, 5.74) is 0.687. The maximum absolute atomic E-state index is 11.6. The first kappa shape index (κ1) is 9.16. The smallest absolute Gasteiger partial charge is 0.333 e. The Labute approximate surface area is 88.4 Å². The fourth-order valence-electron chi connectivity index (χ4n) is 3.46. The van der Waals surface area contributed by atoms with Crippen LogP contribution in [0.1, 0.15) is 6.42 Å². The second-order valence-electron chi connectivity index (χ2n) is 4.65. The maximum atomic E-state index is 11.6. The molecule has 15 heavy (non-hydrogen) atoms. The van der Waals surface area contributed by atoms with Crippen molar-refractivity contribution in [3.63, 3.8) is 0 Å². The van der Waals surface area contributed by atoms with Crippen molar-refractivity contribution < 1.29 is 14.6 Å². The van der Waals surface area contributed by atoms with Gasteiger partial charge in [-0.15, -0.1) is 0 Å². The molecule has 80 valence electrons. The Hall–Kier alpha value is -1.09. The standard InChI is InChI=1S/C12H14O3/c1-15-12(14)8-4-6-2-3-7-5-9(13)11(8)10(6)7/h2-4,6-7,9-11,13H,5H2,1H3/t6-,7+,9-,10-,11-/m0/s1. The Morgan fingerprint density at radius 3 is 3.07 bits per heavy atom. The largest absolute Gasteiger partial charge is 0.466 e. The molecule has 0 saturated heterocycles. The molecule has 0 aliphatic heterocycles. The highest BCUT2D eigenvalue weighted by Gasteiger charge is 2.53. The minimum Gasteiger partial charge on any atom is -0.466 e. The third-order valence-corrected chi connectivity index (χ3v) is 4.01. The fourth-order valence-corrected chi connectivity index (χ4v) is 3.46. The van der Waals surface area contributed by atoms with Gasteiger partial charge in [-0.1, -0.05) is 18.2 Å². The molecule has 0 radical (unpaired) electrons. The van der Waals surface area contributed by atoms with Crippen LogP contribution in [0.5, 0.6) is 0 Å². The van der Waals surface area contributed by atoms with Gasteiger partial charge >= 0.3 is 5.97 Å². The summed E-state index contributed by atoms with van der Waals surface area (Å²) in [7, 11) is 1.39. The van der Waals surface area contributed by atoms with Gasteiger partial charge in [-0.05, 0) is 24.2 Å². The molecule has 3 aliphatic rings. The van der Waals surface area contributed by atoms with Crippen LogP contribution in [0.15, 0.2) is 23.8 Å². The van der Waals surface area contributed by atoms with E-state index in [-0.39, 0.29) is 18.0 Å². The van der Waals surface area contributed by atoms with Crippen LogP contribution in [0, 0.1) is 23.7 Å². The molecule has 3 aliphatic carbocycles. The number of hydrogen-bond donors (Lipinski definition) is 1. The molecule has 0 heterocycles. The van der Waals surface area contributed by atoms with Crippen molar-refractivity contribution >= 4 is 5.97 Å².